The molecule has 0 unspecified atom stereocenters. The molecule has 2 aromatic carbocycles. The summed E-state index contributed by atoms with van der Waals surface area (Å²) in [6, 6.07) is 5.44. The molecular weight excluding hydrogens is 397 g/mol. The molecular formula is C17H15F3N4O5. The van der Waals surface area contributed by atoms with Gasteiger partial charge in [-0.05, 0) is 43.2 Å². The minimum atomic E-state index is -4.99. The van der Waals surface area contributed by atoms with Crippen molar-refractivity contribution in [3.63, 3.8) is 0 Å². The molecule has 0 aliphatic rings. The van der Waals surface area contributed by atoms with Crippen molar-refractivity contribution in [2.45, 2.75) is 20.0 Å². The monoisotopic (exact) mass is 412 g/mol. The number of aryl methyl sites for hydroxylation is 1. The van der Waals surface area contributed by atoms with E-state index in [-0.39, 0.29) is 12.1 Å². The Morgan fingerprint density at radius 1 is 1.10 bits per heavy atom. The quantitative estimate of drug-likeness (QED) is 0.418. The first-order valence-corrected chi connectivity index (χ1v) is 7.95. The average Bonchev–Trinajstić information content (AvgIpc) is 2.64. The zero-order chi connectivity index (χ0) is 21.9. The molecule has 0 heterocycles. The first-order valence-electron chi connectivity index (χ1n) is 7.95. The Morgan fingerprint density at radius 3 is 2.07 bits per heavy atom. The Labute approximate surface area is 162 Å². The molecule has 154 valence electrons. The summed E-state index contributed by atoms with van der Waals surface area (Å²) in [4.78, 5) is 20.1. The molecule has 0 fully saturated rings. The van der Waals surface area contributed by atoms with Gasteiger partial charge in [-0.25, -0.2) is 0 Å². The van der Waals surface area contributed by atoms with Gasteiger partial charge in [0.15, 0.2) is 0 Å². The van der Waals surface area contributed by atoms with Gasteiger partial charge in [0.2, 0.25) is 5.69 Å². The van der Waals surface area contributed by atoms with Gasteiger partial charge in [0, 0.05) is 12.1 Å². The molecule has 0 aliphatic carbocycles. The fourth-order valence-corrected chi connectivity index (χ4v) is 2.49. The van der Waals surface area contributed by atoms with Gasteiger partial charge in [0.25, 0.3) is 0 Å². The summed E-state index contributed by atoms with van der Waals surface area (Å²) < 4.78 is 43.9. The Hall–Kier alpha value is -3.70. The molecule has 0 bridgehead atoms. The number of benzene rings is 2. The third kappa shape index (κ3) is 4.78. The van der Waals surface area contributed by atoms with Crippen LogP contribution < -0.4 is 10.2 Å². The zero-order valence-corrected chi connectivity index (χ0v) is 15.4. The van der Waals surface area contributed by atoms with E-state index in [9.17, 15) is 33.4 Å². The number of hydrogen-bond acceptors (Lipinski definition) is 7. The van der Waals surface area contributed by atoms with E-state index in [4.69, 9.17) is 4.74 Å². The molecule has 0 amide bonds. The van der Waals surface area contributed by atoms with E-state index in [0.29, 0.717) is 17.0 Å². The molecule has 29 heavy (non-hydrogen) atoms. The molecule has 0 saturated heterocycles. The van der Waals surface area contributed by atoms with Crippen LogP contribution in [0.2, 0.25) is 0 Å². The maximum absolute atomic E-state index is 12.9. The van der Waals surface area contributed by atoms with Crippen LogP contribution >= 0.6 is 0 Å². The van der Waals surface area contributed by atoms with Gasteiger partial charge in [-0.2, -0.15) is 18.3 Å². The van der Waals surface area contributed by atoms with Crippen LogP contribution in [0.5, 0.6) is 5.75 Å². The van der Waals surface area contributed by atoms with Crippen LogP contribution in [0.4, 0.5) is 30.2 Å². The molecule has 0 spiro atoms. The van der Waals surface area contributed by atoms with Crippen molar-refractivity contribution in [3.05, 3.63) is 67.3 Å². The summed E-state index contributed by atoms with van der Waals surface area (Å²) in [5.74, 6) is 0.614. The lowest BCUT2D eigenvalue weighted by atomic mass is 10.1. The number of ether oxygens (including phenoxy) is 1. The number of hydrazone groups is 1. The number of alkyl halides is 3. The number of nitro benzene ring substituents is 2. The van der Waals surface area contributed by atoms with Gasteiger partial charge in [-0.1, -0.05) is 0 Å². The summed E-state index contributed by atoms with van der Waals surface area (Å²) >= 11 is 0. The maximum atomic E-state index is 12.9. The van der Waals surface area contributed by atoms with Crippen LogP contribution in [0.1, 0.15) is 23.6 Å². The molecule has 2 rings (SSSR count). The molecule has 0 radical (unpaired) electrons. The molecule has 0 aliphatic heterocycles. The Bertz CT molecular complexity index is 970. The van der Waals surface area contributed by atoms with Gasteiger partial charge in [0.1, 0.15) is 5.75 Å². The Morgan fingerprint density at radius 2 is 1.66 bits per heavy atom. The van der Waals surface area contributed by atoms with Crippen molar-refractivity contribution in [1.82, 2.24) is 0 Å². The van der Waals surface area contributed by atoms with Gasteiger partial charge in [-0.3, -0.25) is 25.7 Å². The second kappa shape index (κ2) is 8.12. The number of methoxy groups -OCH3 is 1. The number of rotatable bonds is 6. The van der Waals surface area contributed by atoms with Crippen LogP contribution in [0.15, 0.2) is 35.4 Å². The first-order chi connectivity index (χ1) is 13.5. The van der Waals surface area contributed by atoms with Crippen LogP contribution in [0.3, 0.4) is 0 Å². The molecule has 9 nitrogen and oxygen atoms in total. The minimum absolute atomic E-state index is 0.220. The maximum Gasteiger partial charge on any atom is 0.416 e. The molecule has 0 saturated carbocycles. The van der Waals surface area contributed by atoms with Gasteiger partial charge < -0.3 is 4.74 Å². The normalized spacial score (nSPS) is 11.9. The summed E-state index contributed by atoms with van der Waals surface area (Å²) in [6.07, 6.45) is -4.99. The van der Waals surface area contributed by atoms with Gasteiger partial charge in [-0.15, -0.1) is 0 Å². The highest BCUT2D eigenvalue weighted by molar-refractivity contribution is 5.99. The highest BCUT2D eigenvalue weighted by Crippen LogP contribution is 2.41. The van der Waals surface area contributed by atoms with Crippen LogP contribution in [-0.2, 0) is 6.18 Å². The van der Waals surface area contributed by atoms with Crippen molar-refractivity contribution < 1.29 is 27.8 Å². The molecule has 1 N–H and O–H groups in total. The predicted molar refractivity (Wildman–Crippen MR) is 98.3 cm³/mol. The lowest BCUT2D eigenvalue weighted by Gasteiger charge is -2.10. The molecule has 0 aromatic heterocycles. The number of nitrogens with zero attached hydrogens (tertiary/aromatic N) is 3. The predicted octanol–water partition coefficient (Wildman–Crippen LogP) is 4.67. The van der Waals surface area contributed by atoms with E-state index in [1.807, 2.05) is 0 Å². The van der Waals surface area contributed by atoms with Gasteiger partial charge >= 0.3 is 17.6 Å². The number of halogens is 3. The minimum Gasteiger partial charge on any atom is -0.496 e. The molecule has 12 heteroatoms. The SMILES string of the molecule is COc1ccc(/C(C)=N/Nc2c([N+](=O)[O-])cc(C(F)(F)F)cc2[N+](=O)[O-])cc1C. The van der Waals surface area contributed by atoms with Crippen molar-refractivity contribution in [2.24, 2.45) is 5.10 Å². The first kappa shape index (κ1) is 21.6. The number of nitrogens with one attached hydrogen (secondary N) is 1. The van der Waals surface area contributed by atoms with E-state index in [0.717, 1.165) is 5.56 Å². The lowest BCUT2D eigenvalue weighted by Crippen LogP contribution is -2.10. The van der Waals surface area contributed by atoms with Crippen molar-refractivity contribution in [1.29, 1.82) is 0 Å². The Kier molecular flexibility index (Phi) is 6.05. The number of hydrogen-bond donors (Lipinski definition) is 1. The van der Waals surface area contributed by atoms with Gasteiger partial charge in [0.05, 0.1) is 28.2 Å². The summed E-state index contributed by atoms with van der Waals surface area (Å²) in [6.45, 7) is 3.30. The average molecular weight is 412 g/mol. The topological polar surface area (TPSA) is 120 Å². The fourth-order valence-electron chi connectivity index (χ4n) is 2.49. The Balaban J connectivity index is 2.53. The number of anilines is 1. The lowest BCUT2D eigenvalue weighted by molar-refractivity contribution is -0.392. The molecule has 2 aromatic rings. The van der Waals surface area contributed by atoms with Crippen LogP contribution in [0, 0.1) is 27.2 Å². The summed E-state index contributed by atoms with van der Waals surface area (Å²) in [5, 5.41) is 26.3. The summed E-state index contributed by atoms with van der Waals surface area (Å²) in [7, 11) is 1.49. The summed E-state index contributed by atoms with van der Waals surface area (Å²) in [5.41, 5.74) is -0.679. The third-order valence-electron chi connectivity index (χ3n) is 3.97. The second-order valence-corrected chi connectivity index (χ2v) is 5.89. The second-order valence-electron chi connectivity index (χ2n) is 5.89. The third-order valence-corrected chi connectivity index (χ3v) is 3.97. The fraction of sp³-hybridized carbons (Fsp3) is 0.235. The standard InChI is InChI=1S/C17H15F3N4O5/c1-9-6-11(4-5-15(9)29-3)10(2)21-22-16-13(23(25)26)7-12(17(18,19)20)8-14(16)24(27)28/h4-8,22H,1-3H3/b21-10+. The van der Waals surface area contributed by atoms with Crippen LogP contribution in [-0.4, -0.2) is 22.7 Å². The van der Waals surface area contributed by atoms with Crippen molar-refractivity contribution in [3.8, 4) is 5.75 Å². The highest BCUT2D eigenvalue weighted by Gasteiger charge is 2.37. The van der Waals surface area contributed by atoms with E-state index in [2.05, 4.69) is 10.5 Å². The number of nitro groups is 2. The van der Waals surface area contributed by atoms with E-state index >= 15 is 0 Å². The smallest absolute Gasteiger partial charge is 0.416 e. The van der Waals surface area contributed by atoms with E-state index in [1.165, 1.54) is 14.0 Å². The van der Waals surface area contributed by atoms with Crippen LogP contribution in [0.25, 0.3) is 0 Å². The zero-order valence-electron chi connectivity index (χ0n) is 15.4. The van der Waals surface area contributed by atoms with Crippen molar-refractivity contribution in [2.75, 3.05) is 12.5 Å². The molecule has 0 atom stereocenters. The van der Waals surface area contributed by atoms with E-state index in [1.54, 1.807) is 25.1 Å². The van der Waals surface area contributed by atoms with Crippen molar-refractivity contribution >= 4 is 22.8 Å². The van der Waals surface area contributed by atoms with E-state index < -0.39 is 38.6 Å². The highest BCUT2D eigenvalue weighted by atomic mass is 19.4. The largest absolute Gasteiger partial charge is 0.496 e.